The second-order valence-electron chi connectivity index (χ2n) is 4.18. The molecule has 0 aromatic heterocycles. The van der Waals surface area contributed by atoms with Gasteiger partial charge in [-0.1, -0.05) is 35.3 Å². The number of carbonyl (C=O) groups is 1. The van der Waals surface area contributed by atoms with Gasteiger partial charge in [-0.05, 0) is 18.2 Å². The summed E-state index contributed by atoms with van der Waals surface area (Å²) in [5, 5.41) is 15.0. The molecule has 0 aliphatic carbocycles. The van der Waals surface area contributed by atoms with Crippen LogP contribution in [0.25, 0.3) is 0 Å². The molecule has 1 amide bonds. The number of amides is 1. The smallest absolute Gasteiger partial charge is 0.267 e. The van der Waals surface area contributed by atoms with Crippen LogP contribution in [0.1, 0.15) is 15.9 Å². The van der Waals surface area contributed by atoms with Crippen LogP contribution in [-0.2, 0) is 0 Å². The zero-order valence-corrected chi connectivity index (χ0v) is 12.5. The van der Waals surface area contributed by atoms with Gasteiger partial charge in [-0.25, -0.2) is 5.43 Å². The standard InChI is InChI=1S/C14H9Cl2N3O3/c15-12-5-4-10(7-13(12)16)14(20)18-17-8-9-2-1-3-11(6-9)19(21)22/h1-8H,(H,18,20)/b17-8-. The number of carbonyl (C=O) groups excluding carboxylic acids is 1. The maximum atomic E-state index is 11.8. The van der Waals surface area contributed by atoms with Gasteiger partial charge in [0.1, 0.15) is 0 Å². The van der Waals surface area contributed by atoms with Gasteiger partial charge in [0.25, 0.3) is 11.6 Å². The summed E-state index contributed by atoms with van der Waals surface area (Å²) in [7, 11) is 0. The zero-order chi connectivity index (χ0) is 16.1. The van der Waals surface area contributed by atoms with E-state index >= 15 is 0 Å². The Bertz CT molecular complexity index is 763. The Morgan fingerprint density at radius 3 is 2.64 bits per heavy atom. The number of halogens is 2. The van der Waals surface area contributed by atoms with Crippen LogP contribution >= 0.6 is 23.2 Å². The molecule has 0 spiro atoms. The third-order valence-corrected chi connectivity index (χ3v) is 3.38. The zero-order valence-electron chi connectivity index (χ0n) is 11.0. The van der Waals surface area contributed by atoms with Crippen LogP contribution < -0.4 is 5.43 Å². The van der Waals surface area contributed by atoms with Gasteiger partial charge in [0.05, 0.1) is 21.2 Å². The Balaban J connectivity index is 2.05. The summed E-state index contributed by atoms with van der Waals surface area (Å²) in [6, 6.07) is 10.3. The van der Waals surface area contributed by atoms with Crippen molar-refractivity contribution >= 4 is 41.0 Å². The van der Waals surface area contributed by atoms with Gasteiger partial charge >= 0.3 is 0 Å². The second-order valence-corrected chi connectivity index (χ2v) is 4.99. The first-order valence-corrected chi connectivity index (χ1v) is 6.76. The molecular formula is C14H9Cl2N3O3. The molecule has 2 aromatic carbocycles. The molecule has 0 aliphatic heterocycles. The Hall–Kier alpha value is -2.44. The van der Waals surface area contributed by atoms with E-state index in [0.29, 0.717) is 16.1 Å². The molecule has 6 nitrogen and oxygen atoms in total. The van der Waals surface area contributed by atoms with Crippen LogP contribution in [0.3, 0.4) is 0 Å². The van der Waals surface area contributed by atoms with Gasteiger partial charge in [0.2, 0.25) is 0 Å². The number of nitro groups is 1. The van der Waals surface area contributed by atoms with Crippen molar-refractivity contribution in [2.75, 3.05) is 0 Å². The molecule has 0 unspecified atom stereocenters. The topological polar surface area (TPSA) is 84.6 Å². The SMILES string of the molecule is O=C(N/N=C\c1cccc([N+](=O)[O-])c1)c1ccc(Cl)c(Cl)c1. The Kier molecular flexibility index (Phi) is 5.08. The van der Waals surface area contributed by atoms with Crippen LogP contribution in [0.2, 0.25) is 10.0 Å². The highest BCUT2D eigenvalue weighted by Gasteiger charge is 2.07. The van der Waals surface area contributed by atoms with Crippen molar-refractivity contribution in [2.45, 2.75) is 0 Å². The lowest BCUT2D eigenvalue weighted by molar-refractivity contribution is -0.384. The average Bonchev–Trinajstić information content (AvgIpc) is 2.50. The molecule has 112 valence electrons. The molecule has 2 aromatic rings. The van der Waals surface area contributed by atoms with E-state index in [-0.39, 0.29) is 10.7 Å². The summed E-state index contributed by atoms with van der Waals surface area (Å²) in [6.45, 7) is 0. The number of nitrogens with zero attached hydrogens (tertiary/aromatic N) is 2. The lowest BCUT2D eigenvalue weighted by atomic mass is 10.2. The lowest BCUT2D eigenvalue weighted by Gasteiger charge is -2.01. The quantitative estimate of drug-likeness (QED) is 0.524. The Labute approximate surface area is 135 Å². The largest absolute Gasteiger partial charge is 0.271 e. The maximum absolute atomic E-state index is 11.8. The molecule has 0 aliphatic rings. The minimum absolute atomic E-state index is 0.0558. The summed E-state index contributed by atoms with van der Waals surface area (Å²) in [6.07, 6.45) is 1.31. The van der Waals surface area contributed by atoms with Gasteiger partial charge in [0.15, 0.2) is 0 Å². The summed E-state index contributed by atoms with van der Waals surface area (Å²) >= 11 is 11.6. The average molecular weight is 338 g/mol. The van der Waals surface area contributed by atoms with Crippen molar-refractivity contribution in [3.63, 3.8) is 0 Å². The van der Waals surface area contributed by atoms with Gasteiger partial charge in [-0.15, -0.1) is 0 Å². The normalized spacial score (nSPS) is 10.6. The van der Waals surface area contributed by atoms with Crippen molar-refractivity contribution < 1.29 is 9.72 Å². The third kappa shape index (κ3) is 4.03. The molecule has 0 saturated carbocycles. The predicted octanol–water partition coefficient (Wildman–Crippen LogP) is 3.67. The van der Waals surface area contributed by atoms with Crippen LogP contribution in [0.4, 0.5) is 5.69 Å². The summed E-state index contributed by atoms with van der Waals surface area (Å²) in [5.41, 5.74) is 3.03. The monoisotopic (exact) mass is 337 g/mol. The molecule has 0 fully saturated rings. The van der Waals surface area contributed by atoms with E-state index in [1.807, 2.05) is 0 Å². The van der Waals surface area contributed by atoms with E-state index in [2.05, 4.69) is 10.5 Å². The van der Waals surface area contributed by atoms with Crippen molar-refractivity contribution in [3.8, 4) is 0 Å². The van der Waals surface area contributed by atoms with E-state index in [9.17, 15) is 14.9 Å². The maximum Gasteiger partial charge on any atom is 0.271 e. The van der Waals surface area contributed by atoms with Crippen LogP contribution in [0.15, 0.2) is 47.6 Å². The first-order valence-electron chi connectivity index (χ1n) is 6.00. The first-order chi connectivity index (χ1) is 10.5. The number of hydrogen-bond acceptors (Lipinski definition) is 4. The van der Waals surface area contributed by atoms with Gasteiger partial charge in [0, 0.05) is 23.3 Å². The highest BCUT2D eigenvalue weighted by atomic mass is 35.5. The molecule has 0 bridgehead atoms. The van der Waals surface area contributed by atoms with Crippen molar-refractivity contribution in [1.82, 2.24) is 5.43 Å². The molecule has 22 heavy (non-hydrogen) atoms. The fourth-order valence-electron chi connectivity index (χ4n) is 1.59. The second kappa shape index (κ2) is 7.02. The van der Waals surface area contributed by atoms with E-state index in [1.54, 1.807) is 6.07 Å². The highest BCUT2D eigenvalue weighted by molar-refractivity contribution is 6.42. The van der Waals surface area contributed by atoms with E-state index in [1.165, 1.54) is 42.6 Å². The minimum atomic E-state index is -0.508. The number of rotatable bonds is 4. The molecule has 8 heteroatoms. The molecule has 0 radical (unpaired) electrons. The first kappa shape index (κ1) is 15.9. The molecule has 0 heterocycles. The molecule has 0 saturated heterocycles. The lowest BCUT2D eigenvalue weighted by Crippen LogP contribution is -2.17. The van der Waals surface area contributed by atoms with Crippen molar-refractivity contribution in [1.29, 1.82) is 0 Å². The molecule has 1 N–H and O–H groups in total. The van der Waals surface area contributed by atoms with Crippen LogP contribution in [0, 0.1) is 10.1 Å². The Morgan fingerprint density at radius 1 is 1.18 bits per heavy atom. The van der Waals surface area contributed by atoms with Gasteiger partial charge < -0.3 is 0 Å². The summed E-state index contributed by atoms with van der Waals surface area (Å²) in [4.78, 5) is 22.0. The van der Waals surface area contributed by atoms with E-state index in [4.69, 9.17) is 23.2 Å². The minimum Gasteiger partial charge on any atom is -0.267 e. The Morgan fingerprint density at radius 2 is 1.95 bits per heavy atom. The predicted molar refractivity (Wildman–Crippen MR) is 84.6 cm³/mol. The fourth-order valence-corrected chi connectivity index (χ4v) is 1.88. The number of hydrogen-bond donors (Lipinski definition) is 1. The molecular weight excluding hydrogens is 329 g/mol. The van der Waals surface area contributed by atoms with Crippen LogP contribution in [-0.4, -0.2) is 17.0 Å². The number of nitro benzene ring substituents is 1. The molecule has 0 atom stereocenters. The number of benzene rings is 2. The highest BCUT2D eigenvalue weighted by Crippen LogP contribution is 2.22. The fraction of sp³-hybridized carbons (Fsp3) is 0. The number of nitrogens with one attached hydrogen (secondary N) is 1. The number of hydrazone groups is 1. The van der Waals surface area contributed by atoms with Gasteiger partial charge in [-0.3, -0.25) is 14.9 Å². The van der Waals surface area contributed by atoms with Crippen molar-refractivity contribution in [2.24, 2.45) is 5.10 Å². The number of non-ortho nitro benzene ring substituents is 1. The van der Waals surface area contributed by atoms with E-state index in [0.717, 1.165) is 0 Å². The third-order valence-electron chi connectivity index (χ3n) is 2.64. The summed E-state index contributed by atoms with van der Waals surface area (Å²) < 4.78 is 0. The molecule has 2 rings (SSSR count). The summed E-state index contributed by atoms with van der Waals surface area (Å²) in [5.74, 6) is -0.472. The van der Waals surface area contributed by atoms with Crippen LogP contribution in [0.5, 0.6) is 0 Å². The van der Waals surface area contributed by atoms with E-state index < -0.39 is 10.8 Å². The van der Waals surface area contributed by atoms with Gasteiger partial charge in [-0.2, -0.15) is 5.10 Å². The van der Waals surface area contributed by atoms with Crippen molar-refractivity contribution in [3.05, 3.63) is 73.8 Å².